The Morgan fingerprint density at radius 1 is 0.750 bits per heavy atom. The van der Waals surface area contributed by atoms with E-state index in [0.29, 0.717) is 3.63 Å². The molecule has 0 heterocycles. The number of hydrogen-bond donors (Lipinski definition) is 0. The molecule has 32 heavy (non-hydrogen) atoms. The van der Waals surface area contributed by atoms with E-state index >= 15 is 0 Å². The van der Waals surface area contributed by atoms with Crippen LogP contribution in [0, 0.1) is 0 Å². The van der Waals surface area contributed by atoms with E-state index in [1.54, 1.807) is 32.6 Å². The van der Waals surface area contributed by atoms with Crippen LogP contribution in [0.2, 0.25) is 39.3 Å². The number of benzene rings is 2. The molecule has 3 heteroatoms. The topological polar surface area (TPSA) is 0 Å². The average Bonchev–Trinajstić information content (AvgIpc) is 3.48. The van der Waals surface area contributed by atoms with Crippen LogP contribution in [-0.4, -0.2) is 19.4 Å². The second-order valence-corrected chi connectivity index (χ2v) is 29.0. The van der Waals surface area contributed by atoms with Crippen molar-refractivity contribution in [3.05, 3.63) is 69.0 Å². The molecule has 166 valence electrons. The van der Waals surface area contributed by atoms with Gasteiger partial charge in [-0.3, -0.25) is 0 Å². The molecule has 3 aliphatic rings. The van der Waals surface area contributed by atoms with E-state index in [2.05, 4.69) is 93.9 Å². The third-order valence-corrected chi connectivity index (χ3v) is 20.5. The van der Waals surface area contributed by atoms with Gasteiger partial charge in [0.25, 0.3) is 0 Å². The van der Waals surface area contributed by atoms with Gasteiger partial charge in [0.15, 0.2) is 0 Å². The Balaban J connectivity index is 1.76. The molecule has 3 aliphatic carbocycles. The molecule has 0 unspecified atom stereocenters. The standard InChI is InChI=1S/C19H25Si2.C5H8.C5H5.Zr/c1-20(2,3)16-9-7-14-11-15-8-10-17(21(4,5)6)13-19(15)18(14)12-16;2*1-2-4-5-3-1;/h7-13H,1-6H3;1-4H2;1-3H,4H2;. The van der Waals surface area contributed by atoms with Gasteiger partial charge in [-0.05, 0) is 0 Å². The maximum atomic E-state index is 2.62. The summed E-state index contributed by atoms with van der Waals surface area (Å²) in [4.78, 5) is 0. The van der Waals surface area contributed by atoms with Gasteiger partial charge in [-0.2, -0.15) is 0 Å². The van der Waals surface area contributed by atoms with Crippen molar-refractivity contribution in [1.29, 1.82) is 0 Å². The quantitative estimate of drug-likeness (QED) is 0.369. The number of rotatable bonds is 4. The zero-order valence-electron chi connectivity index (χ0n) is 20.8. The van der Waals surface area contributed by atoms with Crippen LogP contribution in [0.3, 0.4) is 0 Å². The molecule has 0 bridgehead atoms. The predicted octanol–water partition coefficient (Wildman–Crippen LogP) is 7.06. The van der Waals surface area contributed by atoms with E-state index < -0.39 is 37.4 Å². The first kappa shape index (κ1) is 22.9. The Bertz CT molecular complexity index is 1100. The van der Waals surface area contributed by atoms with E-state index in [4.69, 9.17) is 0 Å². The van der Waals surface area contributed by atoms with E-state index in [-0.39, 0.29) is 0 Å². The van der Waals surface area contributed by atoms with Crippen LogP contribution in [-0.2, 0) is 21.3 Å². The van der Waals surface area contributed by atoms with Gasteiger partial charge in [0, 0.05) is 0 Å². The first-order chi connectivity index (χ1) is 15.1. The molecule has 0 atom stereocenters. The van der Waals surface area contributed by atoms with Crippen molar-refractivity contribution < 1.29 is 21.3 Å². The van der Waals surface area contributed by atoms with Crippen LogP contribution in [0.4, 0.5) is 0 Å². The summed E-state index contributed by atoms with van der Waals surface area (Å²) in [5.74, 6) is 0. The predicted molar refractivity (Wildman–Crippen MR) is 145 cm³/mol. The molecule has 0 saturated heterocycles. The van der Waals surface area contributed by atoms with Crippen LogP contribution in [0.25, 0.3) is 11.1 Å². The maximum absolute atomic E-state index is 2.62. The van der Waals surface area contributed by atoms with Crippen molar-refractivity contribution in [3.8, 4) is 11.1 Å². The molecule has 0 aromatic heterocycles. The van der Waals surface area contributed by atoms with Crippen molar-refractivity contribution in [2.45, 2.75) is 75.0 Å². The summed E-state index contributed by atoms with van der Waals surface area (Å²) < 4.78 is 4.54. The number of hydrogen-bond acceptors (Lipinski definition) is 0. The Labute approximate surface area is 205 Å². The molecule has 0 spiro atoms. The molecule has 2 aromatic rings. The Morgan fingerprint density at radius 3 is 1.72 bits per heavy atom. The van der Waals surface area contributed by atoms with Crippen molar-refractivity contribution in [2.24, 2.45) is 0 Å². The van der Waals surface area contributed by atoms with Crippen LogP contribution in [0.15, 0.2) is 57.9 Å². The normalized spacial score (nSPS) is 18.2. The molecule has 0 radical (unpaired) electrons. The summed E-state index contributed by atoms with van der Waals surface area (Å²) in [6.07, 6.45) is 14.2. The van der Waals surface area contributed by atoms with Crippen LogP contribution in [0.5, 0.6) is 0 Å². The van der Waals surface area contributed by atoms with Gasteiger partial charge in [-0.1, -0.05) is 0 Å². The van der Waals surface area contributed by atoms with Gasteiger partial charge in [0.05, 0.1) is 0 Å². The third kappa shape index (κ3) is 4.08. The monoisotopic (exact) mass is 532 g/mol. The zero-order valence-corrected chi connectivity index (χ0v) is 25.3. The van der Waals surface area contributed by atoms with E-state index in [0.717, 1.165) is 0 Å². The van der Waals surface area contributed by atoms with Gasteiger partial charge in [0.1, 0.15) is 0 Å². The SMILES string of the molecule is C[Si](C)(C)c1ccc2c(c1)-c1cc([Si](C)(C)C)ccc1[CH]2[Zr]([C]1=CC=CC1)=[C]1CCCC1. The van der Waals surface area contributed by atoms with Gasteiger partial charge >= 0.3 is 206 Å². The molecule has 0 amide bonds. The Morgan fingerprint density at radius 2 is 1.28 bits per heavy atom. The molecule has 1 fully saturated rings. The van der Waals surface area contributed by atoms with Gasteiger partial charge in [-0.25, -0.2) is 0 Å². The molecule has 0 nitrogen and oxygen atoms in total. The second-order valence-electron chi connectivity index (χ2n) is 12.1. The molecule has 2 aromatic carbocycles. The van der Waals surface area contributed by atoms with E-state index in [1.807, 2.05) is 6.49 Å². The molecule has 0 aliphatic heterocycles. The van der Waals surface area contributed by atoms with Crippen LogP contribution < -0.4 is 10.4 Å². The first-order valence-corrected chi connectivity index (χ1v) is 23.4. The molecular weight excluding hydrogens is 496 g/mol. The first-order valence-electron chi connectivity index (χ1n) is 12.5. The number of allylic oxidation sites excluding steroid dienone is 4. The zero-order chi connectivity index (χ0) is 22.7. The summed E-state index contributed by atoms with van der Waals surface area (Å²) in [5.41, 5.74) is 6.54. The fourth-order valence-electron chi connectivity index (χ4n) is 5.83. The molecule has 5 rings (SSSR count). The number of fused-ring (bicyclic) bond motifs is 3. The summed E-state index contributed by atoms with van der Waals surface area (Å²) in [6, 6.07) is 15.4. The summed E-state index contributed by atoms with van der Waals surface area (Å²) in [7, 11) is -2.70. The van der Waals surface area contributed by atoms with Gasteiger partial charge < -0.3 is 0 Å². The Hall–Kier alpha value is -0.893. The van der Waals surface area contributed by atoms with Crippen molar-refractivity contribution in [3.63, 3.8) is 0 Å². The minimum atomic E-state index is -2.00. The minimum absolute atomic E-state index is 0.688. The second kappa shape index (κ2) is 8.40. The van der Waals surface area contributed by atoms with Crippen LogP contribution >= 0.6 is 0 Å². The van der Waals surface area contributed by atoms with Crippen LogP contribution in [0.1, 0.15) is 46.9 Å². The van der Waals surface area contributed by atoms with Gasteiger partial charge in [0.2, 0.25) is 0 Å². The Kier molecular flexibility index (Phi) is 6.00. The van der Waals surface area contributed by atoms with Gasteiger partial charge in [-0.15, -0.1) is 0 Å². The van der Waals surface area contributed by atoms with Crippen molar-refractivity contribution in [2.75, 3.05) is 0 Å². The molecule has 0 N–H and O–H groups in total. The summed E-state index contributed by atoms with van der Waals surface area (Å²) in [5, 5.41) is 3.23. The van der Waals surface area contributed by atoms with E-state index in [1.165, 1.54) is 32.1 Å². The third-order valence-electron chi connectivity index (χ3n) is 7.74. The van der Waals surface area contributed by atoms with E-state index in [9.17, 15) is 0 Å². The van der Waals surface area contributed by atoms with Crippen molar-refractivity contribution in [1.82, 2.24) is 0 Å². The molecule has 1 saturated carbocycles. The summed E-state index contributed by atoms with van der Waals surface area (Å²) in [6.45, 7) is 14.9. The fourth-order valence-corrected chi connectivity index (χ4v) is 17.6. The van der Waals surface area contributed by atoms with Crippen molar-refractivity contribution >= 4 is 29.7 Å². The molecular formula is C29H38Si2Zr. The summed E-state index contributed by atoms with van der Waals surface area (Å²) >= 11 is -2.00. The average molecular weight is 534 g/mol. The fraction of sp³-hybridized carbons (Fsp3) is 0.414.